The van der Waals surface area contributed by atoms with Crippen molar-refractivity contribution < 1.29 is 20.1 Å². The van der Waals surface area contributed by atoms with Gasteiger partial charge in [-0.2, -0.15) is 0 Å². The van der Waals surface area contributed by atoms with Crippen molar-refractivity contribution in [1.82, 2.24) is 0 Å². The summed E-state index contributed by atoms with van der Waals surface area (Å²) in [6.45, 7) is 0. The number of allylic oxidation sites excluding steroid dienone is 1. The third-order valence-corrected chi connectivity index (χ3v) is 3.21. The smallest absolute Gasteiger partial charge is 0.339 e. The first-order valence-electron chi connectivity index (χ1n) is 5.14. The third-order valence-electron chi connectivity index (χ3n) is 3.21. The summed E-state index contributed by atoms with van der Waals surface area (Å²) in [6.07, 6.45) is 5.10. The minimum atomic E-state index is -1.11. The Labute approximate surface area is 87.5 Å². The van der Waals surface area contributed by atoms with Crippen LogP contribution in [0, 0.1) is 11.8 Å². The van der Waals surface area contributed by atoms with Crippen LogP contribution in [0.1, 0.15) is 19.3 Å². The van der Waals surface area contributed by atoms with Gasteiger partial charge in [0.05, 0.1) is 11.7 Å². The van der Waals surface area contributed by atoms with Gasteiger partial charge in [-0.05, 0) is 24.8 Å². The number of aliphatic hydroxyl groups excluding tert-OH is 2. The summed E-state index contributed by atoms with van der Waals surface area (Å²) in [4.78, 5) is 10.8. The Morgan fingerprint density at radius 2 is 2.07 bits per heavy atom. The second-order valence-corrected chi connectivity index (χ2v) is 4.18. The van der Waals surface area contributed by atoms with Crippen molar-refractivity contribution in [2.24, 2.45) is 11.8 Å². The molecule has 0 aromatic rings. The van der Waals surface area contributed by atoms with Crippen LogP contribution in [0.3, 0.4) is 0 Å². The molecule has 0 aromatic carbocycles. The van der Waals surface area contributed by atoms with E-state index in [4.69, 9.17) is 5.11 Å². The largest absolute Gasteiger partial charge is 0.507 e. The van der Waals surface area contributed by atoms with Crippen LogP contribution in [0.25, 0.3) is 0 Å². The van der Waals surface area contributed by atoms with Crippen molar-refractivity contribution in [2.75, 3.05) is 0 Å². The number of carboxylic acid groups (broad SMARTS) is 1. The number of carbonyl (C=O) groups is 1. The molecule has 1 saturated carbocycles. The first-order chi connectivity index (χ1) is 7.09. The van der Waals surface area contributed by atoms with E-state index in [1.54, 1.807) is 6.08 Å². The molecule has 0 aliphatic heterocycles. The molecule has 4 nitrogen and oxygen atoms in total. The highest BCUT2D eigenvalue weighted by Gasteiger charge is 2.34. The Bertz CT molecular complexity index is 342. The van der Waals surface area contributed by atoms with Crippen LogP contribution in [0.2, 0.25) is 0 Å². The van der Waals surface area contributed by atoms with E-state index < -0.39 is 12.1 Å². The highest BCUT2D eigenvalue weighted by molar-refractivity contribution is 5.91. The fraction of sp³-hybridized carbons (Fsp3) is 0.545. The van der Waals surface area contributed by atoms with Gasteiger partial charge >= 0.3 is 5.97 Å². The number of hydrogen-bond donors (Lipinski definition) is 3. The summed E-state index contributed by atoms with van der Waals surface area (Å²) in [5, 5.41) is 28.0. The van der Waals surface area contributed by atoms with E-state index in [1.165, 1.54) is 6.08 Å². The first kappa shape index (κ1) is 10.2. The van der Waals surface area contributed by atoms with Crippen LogP contribution >= 0.6 is 0 Å². The van der Waals surface area contributed by atoms with Gasteiger partial charge in [0, 0.05) is 5.92 Å². The van der Waals surface area contributed by atoms with Crippen molar-refractivity contribution in [3.05, 3.63) is 23.5 Å². The minimum absolute atomic E-state index is 0.0367. The topological polar surface area (TPSA) is 77.8 Å². The van der Waals surface area contributed by atoms with Crippen molar-refractivity contribution in [3.8, 4) is 0 Å². The van der Waals surface area contributed by atoms with E-state index in [0.717, 1.165) is 19.3 Å². The highest BCUT2D eigenvalue weighted by atomic mass is 16.4. The summed E-state index contributed by atoms with van der Waals surface area (Å²) >= 11 is 0. The van der Waals surface area contributed by atoms with Crippen molar-refractivity contribution in [1.29, 1.82) is 0 Å². The molecule has 0 heterocycles. The van der Waals surface area contributed by atoms with Crippen LogP contribution in [0.15, 0.2) is 23.5 Å². The molecular weight excluding hydrogens is 196 g/mol. The average molecular weight is 210 g/mol. The fourth-order valence-corrected chi connectivity index (χ4v) is 2.41. The monoisotopic (exact) mass is 210 g/mol. The molecule has 0 bridgehead atoms. The molecule has 0 amide bonds. The van der Waals surface area contributed by atoms with Gasteiger partial charge in [0.2, 0.25) is 0 Å². The Hall–Kier alpha value is -1.29. The third kappa shape index (κ3) is 1.77. The zero-order valence-corrected chi connectivity index (χ0v) is 8.26. The molecule has 3 unspecified atom stereocenters. The van der Waals surface area contributed by atoms with E-state index in [1.807, 2.05) is 0 Å². The molecule has 1 fully saturated rings. The summed E-state index contributed by atoms with van der Waals surface area (Å²) in [5.41, 5.74) is -0.0367. The standard InChI is InChI=1S/C11H14O4/c12-9-3-1-2-6-4-8(11(14)15)10(13)5-7(6)9/h4-7,9,12-13H,1-3H2,(H,14,15). The predicted octanol–water partition coefficient (Wildman–Crippen LogP) is 1.23. The molecule has 0 aromatic heterocycles. The van der Waals surface area contributed by atoms with E-state index in [-0.39, 0.29) is 23.2 Å². The lowest BCUT2D eigenvalue weighted by Gasteiger charge is -2.34. The van der Waals surface area contributed by atoms with Gasteiger partial charge < -0.3 is 15.3 Å². The molecule has 2 rings (SSSR count). The Morgan fingerprint density at radius 3 is 2.73 bits per heavy atom. The van der Waals surface area contributed by atoms with E-state index in [2.05, 4.69) is 0 Å². The summed E-state index contributed by atoms with van der Waals surface area (Å²) < 4.78 is 0. The molecule has 15 heavy (non-hydrogen) atoms. The molecule has 82 valence electrons. The molecule has 4 heteroatoms. The highest BCUT2D eigenvalue weighted by Crippen LogP contribution is 2.37. The molecule has 0 saturated heterocycles. The molecule has 0 radical (unpaired) electrons. The van der Waals surface area contributed by atoms with E-state index in [9.17, 15) is 15.0 Å². The molecule has 2 aliphatic carbocycles. The molecule has 0 spiro atoms. The van der Waals surface area contributed by atoms with Crippen LogP contribution < -0.4 is 0 Å². The number of rotatable bonds is 1. The Morgan fingerprint density at radius 1 is 1.33 bits per heavy atom. The fourth-order valence-electron chi connectivity index (χ4n) is 2.41. The Kier molecular flexibility index (Phi) is 2.52. The summed E-state index contributed by atoms with van der Waals surface area (Å²) in [6, 6.07) is 0. The van der Waals surface area contributed by atoms with Crippen molar-refractivity contribution in [2.45, 2.75) is 25.4 Å². The van der Waals surface area contributed by atoms with Crippen molar-refractivity contribution in [3.63, 3.8) is 0 Å². The van der Waals surface area contributed by atoms with E-state index >= 15 is 0 Å². The number of aliphatic carboxylic acids is 1. The van der Waals surface area contributed by atoms with Gasteiger partial charge in [0.15, 0.2) is 0 Å². The zero-order valence-electron chi connectivity index (χ0n) is 8.26. The maximum Gasteiger partial charge on any atom is 0.339 e. The normalized spacial score (nSPS) is 35.1. The van der Waals surface area contributed by atoms with Gasteiger partial charge in [-0.25, -0.2) is 4.79 Å². The maximum atomic E-state index is 10.8. The van der Waals surface area contributed by atoms with Gasteiger partial charge in [-0.3, -0.25) is 0 Å². The predicted molar refractivity (Wildman–Crippen MR) is 53.3 cm³/mol. The molecule has 3 N–H and O–H groups in total. The SMILES string of the molecule is O=C(O)C1=CC2CCCC(O)C2C=C1O. The summed E-state index contributed by atoms with van der Waals surface area (Å²) in [7, 11) is 0. The van der Waals surface area contributed by atoms with Gasteiger partial charge in [-0.15, -0.1) is 0 Å². The summed E-state index contributed by atoms with van der Waals surface area (Å²) in [5.74, 6) is -1.40. The lowest BCUT2D eigenvalue weighted by atomic mass is 9.73. The lowest BCUT2D eigenvalue weighted by molar-refractivity contribution is -0.132. The van der Waals surface area contributed by atoms with Gasteiger partial charge in [0.1, 0.15) is 5.76 Å². The molecule has 3 atom stereocenters. The lowest BCUT2D eigenvalue weighted by Crippen LogP contribution is -2.33. The quantitative estimate of drug-likeness (QED) is 0.608. The second kappa shape index (κ2) is 3.70. The maximum absolute atomic E-state index is 10.8. The number of carboxylic acids is 1. The van der Waals surface area contributed by atoms with Gasteiger partial charge in [0.25, 0.3) is 0 Å². The van der Waals surface area contributed by atoms with Gasteiger partial charge in [-0.1, -0.05) is 12.5 Å². The number of fused-ring (bicyclic) bond motifs is 1. The van der Waals surface area contributed by atoms with Crippen LogP contribution in [-0.2, 0) is 4.79 Å². The molecule has 2 aliphatic rings. The first-order valence-corrected chi connectivity index (χ1v) is 5.14. The van der Waals surface area contributed by atoms with Crippen LogP contribution in [-0.4, -0.2) is 27.4 Å². The molecular formula is C11H14O4. The van der Waals surface area contributed by atoms with Crippen LogP contribution in [0.5, 0.6) is 0 Å². The van der Waals surface area contributed by atoms with Crippen molar-refractivity contribution >= 4 is 5.97 Å². The minimum Gasteiger partial charge on any atom is -0.507 e. The second-order valence-electron chi connectivity index (χ2n) is 4.18. The number of aliphatic hydroxyl groups is 2. The zero-order chi connectivity index (χ0) is 11.0. The Balaban J connectivity index is 2.28. The number of hydrogen-bond acceptors (Lipinski definition) is 3. The van der Waals surface area contributed by atoms with Crippen LogP contribution in [0.4, 0.5) is 0 Å². The average Bonchev–Trinajstić information content (AvgIpc) is 2.18. The van der Waals surface area contributed by atoms with E-state index in [0.29, 0.717) is 0 Å².